The van der Waals surface area contributed by atoms with Crippen LogP contribution < -0.4 is 0 Å². The molecule has 0 aromatic carbocycles. The van der Waals surface area contributed by atoms with Gasteiger partial charge in [0.05, 0.1) is 30.0 Å². The molecule has 4 fully saturated rings. The molecule has 0 radical (unpaired) electrons. The molecule has 3 N–H and O–H groups in total. The fourth-order valence-corrected chi connectivity index (χ4v) is 7.72. The van der Waals surface area contributed by atoms with E-state index in [0.29, 0.717) is 30.6 Å². The normalized spacial score (nSPS) is 38.0. The lowest BCUT2D eigenvalue weighted by Crippen LogP contribution is -2.35. The molecule has 4 aliphatic rings. The molecule has 0 spiro atoms. The van der Waals surface area contributed by atoms with Crippen LogP contribution in [0.5, 0.6) is 0 Å². The van der Waals surface area contributed by atoms with Gasteiger partial charge in [-0.15, -0.1) is 0 Å². The van der Waals surface area contributed by atoms with Crippen molar-refractivity contribution in [3.63, 3.8) is 0 Å². The molecular weight excluding hydrogens is 448 g/mol. The number of aryl methyl sites for hydroxylation is 1. The molecule has 1 aromatic rings. The standard InChI is InChI=1S/C32H44O4/c1-20-16-30(36-19-20)32(14-15-32)29(35)12-7-21(2)26-10-11-27-23(6-5-13-31(26,27)4)8-9-24-17-25(33)18-28(34)22(24)3/h7-9,12,16,19,21,25-29,33-35H,3,5-6,10-11,13-15,17-18H2,1-2,4H3/b12-7+,23-8+,24-9-/t21-,25-,26-,27+,28+,29+,31-/m1/s1. The molecule has 5 rings (SSSR count). The van der Waals surface area contributed by atoms with E-state index in [2.05, 4.69) is 44.7 Å². The van der Waals surface area contributed by atoms with Crippen molar-refractivity contribution < 1.29 is 19.7 Å². The quantitative estimate of drug-likeness (QED) is 0.407. The summed E-state index contributed by atoms with van der Waals surface area (Å²) < 4.78 is 5.76. The van der Waals surface area contributed by atoms with Gasteiger partial charge in [-0.05, 0) is 104 Å². The van der Waals surface area contributed by atoms with E-state index < -0.39 is 18.3 Å². The zero-order valence-electron chi connectivity index (χ0n) is 22.2. The summed E-state index contributed by atoms with van der Waals surface area (Å²) in [6, 6.07) is 2.07. The van der Waals surface area contributed by atoms with Crippen molar-refractivity contribution >= 4 is 0 Å². The first-order valence-corrected chi connectivity index (χ1v) is 14.0. The zero-order chi connectivity index (χ0) is 25.7. The van der Waals surface area contributed by atoms with Crippen LogP contribution in [0, 0.1) is 30.1 Å². The lowest BCUT2D eigenvalue weighted by molar-refractivity contribution is 0.0862. The molecule has 4 nitrogen and oxygen atoms in total. The fourth-order valence-electron chi connectivity index (χ4n) is 7.72. The van der Waals surface area contributed by atoms with Gasteiger partial charge in [-0.2, -0.15) is 0 Å². The molecule has 7 atom stereocenters. The van der Waals surface area contributed by atoms with Crippen molar-refractivity contribution in [2.45, 2.75) is 102 Å². The minimum atomic E-state index is -0.638. The second-order valence-electron chi connectivity index (χ2n) is 12.5. The summed E-state index contributed by atoms with van der Waals surface area (Å²) in [7, 11) is 0. The second-order valence-corrected chi connectivity index (χ2v) is 12.5. The van der Waals surface area contributed by atoms with Crippen LogP contribution in [0.3, 0.4) is 0 Å². The summed E-state index contributed by atoms with van der Waals surface area (Å²) in [4.78, 5) is 0. The second kappa shape index (κ2) is 9.78. The summed E-state index contributed by atoms with van der Waals surface area (Å²) in [5, 5.41) is 31.4. The monoisotopic (exact) mass is 492 g/mol. The Hall–Kier alpha value is -1.88. The maximum absolute atomic E-state index is 11.1. The van der Waals surface area contributed by atoms with Crippen LogP contribution in [0.2, 0.25) is 0 Å². The smallest absolute Gasteiger partial charge is 0.113 e. The van der Waals surface area contributed by atoms with Crippen LogP contribution in [0.25, 0.3) is 0 Å². The summed E-state index contributed by atoms with van der Waals surface area (Å²) in [6.07, 6.45) is 17.8. The van der Waals surface area contributed by atoms with Gasteiger partial charge in [-0.3, -0.25) is 0 Å². The van der Waals surface area contributed by atoms with E-state index in [-0.39, 0.29) is 10.8 Å². The maximum Gasteiger partial charge on any atom is 0.113 e. The number of fused-ring (bicyclic) bond motifs is 1. The van der Waals surface area contributed by atoms with E-state index in [4.69, 9.17) is 4.42 Å². The third-order valence-corrected chi connectivity index (χ3v) is 10.1. The number of furan rings is 1. The van der Waals surface area contributed by atoms with E-state index in [1.54, 1.807) is 6.26 Å². The average Bonchev–Trinajstić information content (AvgIpc) is 3.41. The van der Waals surface area contributed by atoms with E-state index in [1.165, 1.54) is 31.3 Å². The van der Waals surface area contributed by atoms with E-state index >= 15 is 0 Å². The minimum Gasteiger partial charge on any atom is -0.468 e. The Morgan fingerprint density at radius 1 is 1.14 bits per heavy atom. The molecule has 4 heteroatoms. The minimum absolute atomic E-state index is 0.231. The van der Waals surface area contributed by atoms with Crippen molar-refractivity contribution in [2.24, 2.45) is 23.2 Å². The number of rotatable bonds is 6. The van der Waals surface area contributed by atoms with Gasteiger partial charge in [0, 0.05) is 6.42 Å². The predicted octanol–water partition coefficient (Wildman–Crippen LogP) is 6.31. The highest BCUT2D eigenvalue weighted by atomic mass is 16.3. The third-order valence-electron chi connectivity index (χ3n) is 10.1. The van der Waals surface area contributed by atoms with Gasteiger partial charge in [0.2, 0.25) is 0 Å². The molecule has 1 heterocycles. The molecule has 0 amide bonds. The highest BCUT2D eigenvalue weighted by Gasteiger charge is 2.53. The van der Waals surface area contributed by atoms with Gasteiger partial charge in [-0.1, -0.05) is 50.3 Å². The number of hydrogen-bond acceptors (Lipinski definition) is 4. The molecule has 0 unspecified atom stereocenters. The SMILES string of the molecule is C=C1/C(=C\C=C2/CCC[C@]3(C)[C@@H]([C@H](C)/C=C/[C@H](O)C4(c5cc(C)co5)CC4)CC[C@@H]23)C[C@@H](O)C[C@@H]1O. The molecule has 4 aliphatic carbocycles. The maximum atomic E-state index is 11.1. The van der Waals surface area contributed by atoms with Crippen LogP contribution in [-0.4, -0.2) is 33.6 Å². The topological polar surface area (TPSA) is 73.8 Å². The van der Waals surface area contributed by atoms with Crippen LogP contribution in [0.1, 0.15) is 83.0 Å². The molecule has 4 saturated carbocycles. The Balaban J connectivity index is 1.29. The number of allylic oxidation sites excluding steroid dienone is 4. The van der Waals surface area contributed by atoms with Crippen molar-refractivity contribution in [2.75, 3.05) is 0 Å². The van der Waals surface area contributed by atoms with Crippen LogP contribution in [-0.2, 0) is 5.41 Å². The Bertz CT molecular complexity index is 1070. The highest BCUT2D eigenvalue weighted by molar-refractivity contribution is 5.39. The Labute approximate surface area is 216 Å². The van der Waals surface area contributed by atoms with Gasteiger partial charge in [0.25, 0.3) is 0 Å². The van der Waals surface area contributed by atoms with Crippen molar-refractivity contribution in [3.05, 3.63) is 71.3 Å². The van der Waals surface area contributed by atoms with E-state index in [1.807, 2.05) is 13.0 Å². The summed E-state index contributed by atoms with van der Waals surface area (Å²) in [6.45, 7) is 10.9. The molecule has 0 saturated heterocycles. The van der Waals surface area contributed by atoms with Gasteiger partial charge in [-0.25, -0.2) is 0 Å². The first-order valence-electron chi connectivity index (χ1n) is 14.0. The number of aliphatic hydroxyl groups is 3. The average molecular weight is 493 g/mol. The number of hydrogen-bond donors (Lipinski definition) is 3. The molecule has 36 heavy (non-hydrogen) atoms. The van der Waals surface area contributed by atoms with E-state index in [9.17, 15) is 15.3 Å². The Kier molecular flexibility index (Phi) is 6.99. The molecular formula is C32H44O4. The van der Waals surface area contributed by atoms with Gasteiger partial charge < -0.3 is 19.7 Å². The largest absolute Gasteiger partial charge is 0.468 e. The van der Waals surface area contributed by atoms with Crippen molar-refractivity contribution in [1.29, 1.82) is 0 Å². The third kappa shape index (κ3) is 4.61. The van der Waals surface area contributed by atoms with E-state index in [0.717, 1.165) is 41.7 Å². The van der Waals surface area contributed by atoms with Crippen LogP contribution in [0.15, 0.2) is 64.3 Å². The van der Waals surface area contributed by atoms with Crippen LogP contribution in [0.4, 0.5) is 0 Å². The summed E-state index contributed by atoms with van der Waals surface area (Å²) in [5.41, 5.74) is 4.41. The Morgan fingerprint density at radius 2 is 1.92 bits per heavy atom. The molecule has 0 aliphatic heterocycles. The lowest BCUT2D eigenvalue weighted by Gasteiger charge is -2.44. The lowest BCUT2D eigenvalue weighted by atomic mass is 9.61. The molecule has 0 bridgehead atoms. The van der Waals surface area contributed by atoms with Gasteiger partial charge in [0.1, 0.15) is 5.76 Å². The first kappa shape index (κ1) is 25.8. The molecule has 196 valence electrons. The van der Waals surface area contributed by atoms with Crippen LogP contribution >= 0.6 is 0 Å². The number of aliphatic hydroxyl groups excluding tert-OH is 3. The van der Waals surface area contributed by atoms with Gasteiger partial charge >= 0.3 is 0 Å². The highest BCUT2D eigenvalue weighted by Crippen LogP contribution is 2.60. The predicted molar refractivity (Wildman–Crippen MR) is 143 cm³/mol. The fraction of sp³-hybridized carbons (Fsp3) is 0.625. The first-order chi connectivity index (χ1) is 17.1. The molecule has 1 aromatic heterocycles. The summed E-state index contributed by atoms with van der Waals surface area (Å²) in [5.74, 6) is 2.50. The van der Waals surface area contributed by atoms with Crippen molar-refractivity contribution in [3.8, 4) is 0 Å². The summed E-state index contributed by atoms with van der Waals surface area (Å²) >= 11 is 0. The van der Waals surface area contributed by atoms with Crippen molar-refractivity contribution in [1.82, 2.24) is 0 Å². The Morgan fingerprint density at radius 3 is 2.61 bits per heavy atom. The zero-order valence-corrected chi connectivity index (χ0v) is 22.2. The van der Waals surface area contributed by atoms with Gasteiger partial charge in [0.15, 0.2) is 0 Å².